The highest BCUT2D eigenvalue weighted by Crippen LogP contribution is 2.28. The number of hydrogen-bond donors (Lipinski definition) is 1. The number of hydrogen-bond acceptors (Lipinski definition) is 5. The van der Waals surface area contributed by atoms with Gasteiger partial charge in [0, 0.05) is 30.9 Å². The second-order valence-corrected chi connectivity index (χ2v) is 7.56. The molecule has 2 heterocycles. The van der Waals surface area contributed by atoms with Crippen molar-refractivity contribution in [2.24, 2.45) is 5.92 Å². The van der Waals surface area contributed by atoms with Crippen LogP contribution in [0.5, 0.6) is 0 Å². The maximum Gasteiger partial charge on any atom is 0.227 e. The van der Waals surface area contributed by atoms with E-state index in [2.05, 4.69) is 15.2 Å². The molecule has 1 fully saturated rings. The predicted molar refractivity (Wildman–Crippen MR) is 105 cm³/mol. The van der Waals surface area contributed by atoms with Crippen molar-refractivity contribution in [1.29, 1.82) is 0 Å². The summed E-state index contributed by atoms with van der Waals surface area (Å²) in [6.45, 7) is 5.04. The van der Waals surface area contributed by atoms with Crippen molar-refractivity contribution in [2.45, 2.75) is 26.2 Å². The molecule has 142 valence electrons. The van der Waals surface area contributed by atoms with Crippen molar-refractivity contribution in [2.75, 3.05) is 36.5 Å². The van der Waals surface area contributed by atoms with Crippen LogP contribution in [-0.2, 0) is 22.4 Å². The molecule has 1 aliphatic heterocycles. The molecule has 0 bridgehead atoms. The number of carbonyl (C=O) groups is 1. The molecule has 0 spiro atoms. The standard InChI is InChI=1S/C20H23ClN4O2/c1-13-2-4-18(16(21)10-13)23-19(26)14-3-5-17-15(11-14)12-22-20(24-17)25-6-8-27-9-7-25/h2,4,10,12,14H,3,5-9,11H2,1H3,(H,23,26). The highest BCUT2D eigenvalue weighted by atomic mass is 35.5. The molecule has 7 heteroatoms. The largest absolute Gasteiger partial charge is 0.378 e. The third kappa shape index (κ3) is 4.06. The molecule has 1 amide bonds. The molecule has 1 N–H and O–H groups in total. The van der Waals surface area contributed by atoms with Crippen molar-refractivity contribution in [3.8, 4) is 0 Å². The molecule has 0 saturated carbocycles. The van der Waals surface area contributed by atoms with E-state index in [0.29, 0.717) is 30.3 Å². The van der Waals surface area contributed by atoms with Gasteiger partial charge in [-0.1, -0.05) is 17.7 Å². The second-order valence-electron chi connectivity index (χ2n) is 7.15. The fourth-order valence-corrected chi connectivity index (χ4v) is 3.88. The van der Waals surface area contributed by atoms with E-state index < -0.39 is 0 Å². The van der Waals surface area contributed by atoms with Crippen molar-refractivity contribution in [3.05, 3.63) is 46.2 Å². The average molecular weight is 387 g/mol. The molecular formula is C20H23ClN4O2. The lowest BCUT2D eigenvalue weighted by Crippen LogP contribution is -2.38. The fraction of sp³-hybridized carbons (Fsp3) is 0.450. The van der Waals surface area contributed by atoms with Gasteiger partial charge in [-0.25, -0.2) is 9.97 Å². The van der Waals surface area contributed by atoms with Crippen LogP contribution in [0.4, 0.5) is 11.6 Å². The number of ether oxygens (including phenoxy) is 1. The smallest absolute Gasteiger partial charge is 0.227 e. The lowest BCUT2D eigenvalue weighted by atomic mass is 9.86. The average Bonchev–Trinajstić information content (AvgIpc) is 2.70. The van der Waals surface area contributed by atoms with Gasteiger partial charge in [0.2, 0.25) is 11.9 Å². The normalized spacial score (nSPS) is 19.5. The number of morpholine rings is 1. The SMILES string of the molecule is Cc1ccc(NC(=O)C2CCc3nc(N4CCOCC4)ncc3C2)c(Cl)c1. The van der Waals surface area contributed by atoms with Crippen LogP contribution in [0.3, 0.4) is 0 Å². The summed E-state index contributed by atoms with van der Waals surface area (Å²) in [5.41, 5.74) is 3.85. The number of benzene rings is 1. The monoisotopic (exact) mass is 386 g/mol. The molecule has 1 aromatic carbocycles. The molecule has 2 aromatic rings. The molecule has 6 nitrogen and oxygen atoms in total. The van der Waals surface area contributed by atoms with Crippen molar-refractivity contribution in [1.82, 2.24) is 9.97 Å². The van der Waals surface area contributed by atoms with Gasteiger partial charge in [-0.2, -0.15) is 0 Å². The number of aromatic nitrogens is 2. The number of carbonyl (C=O) groups excluding carboxylic acids is 1. The van der Waals surface area contributed by atoms with Crippen LogP contribution < -0.4 is 10.2 Å². The van der Waals surface area contributed by atoms with Gasteiger partial charge in [0.15, 0.2) is 0 Å². The first kappa shape index (κ1) is 18.2. The molecule has 0 radical (unpaired) electrons. The van der Waals surface area contributed by atoms with E-state index in [1.165, 1.54) is 0 Å². The maximum atomic E-state index is 12.7. The number of rotatable bonds is 3. The fourth-order valence-electron chi connectivity index (χ4n) is 3.59. The highest BCUT2D eigenvalue weighted by molar-refractivity contribution is 6.33. The first-order chi connectivity index (χ1) is 13.1. The Morgan fingerprint density at radius 2 is 2.15 bits per heavy atom. The summed E-state index contributed by atoms with van der Waals surface area (Å²) >= 11 is 6.24. The predicted octanol–water partition coefficient (Wildman–Crippen LogP) is 3.02. The van der Waals surface area contributed by atoms with Crippen LogP contribution in [0, 0.1) is 12.8 Å². The second kappa shape index (κ2) is 7.82. The first-order valence-corrected chi connectivity index (χ1v) is 9.72. The zero-order chi connectivity index (χ0) is 18.8. The summed E-state index contributed by atoms with van der Waals surface area (Å²) in [5, 5.41) is 3.53. The van der Waals surface area contributed by atoms with Gasteiger partial charge < -0.3 is 15.0 Å². The number of nitrogens with one attached hydrogen (secondary N) is 1. The van der Waals surface area contributed by atoms with E-state index in [0.717, 1.165) is 48.7 Å². The molecule has 27 heavy (non-hydrogen) atoms. The molecule has 4 rings (SSSR count). The Hall–Kier alpha value is -2.18. The third-order valence-electron chi connectivity index (χ3n) is 5.18. The number of fused-ring (bicyclic) bond motifs is 1. The van der Waals surface area contributed by atoms with Crippen molar-refractivity contribution in [3.63, 3.8) is 0 Å². The van der Waals surface area contributed by atoms with Gasteiger partial charge in [-0.05, 0) is 49.4 Å². The van der Waals surface area contributed by atoms with Crippen LogP contribution >= 0.6 is 11.6 Å². The van der Waals surface area contributed by atoms with Gasteiger partial charge in [0.1, 0.15) is 0 Å². The summed E-state index contributed by atoms with van der Waals surface area (Å²) < 4.78 is 5.39. The quantitative estimate of drug-likeness (QED) is 0.878. The van der Waals surface area contributed by atoms with Gasteiger partial charge in [-0.15, -0.1) is 0 Å². The van der Waals surface area contributed by atoms with E-state index in [1.54, 1.807) is 0 Å². The lowest BCUT2D eigenvalue weighted by Gasteiger charge is -2.28. The summed E-state index contributed by atoms with van der Waals surface area (Å²) in [4.78, 5) is 24.1. The Morgan fingerprint density at radius 3 is 2.93 bits per heavy atom. The van der Waals surface area contributed by atoms with E-state index in [1.807, 2.05) is 31.3 Å². The zero-order valence-electron chi connectivity index (χ0n) is 15.4. The molecule has 1 unspecified atom stereocenters. The van der Waals surface area contributed by atoms with E-state index >= 15 is 0 Å². The van der Waals surface area contributed by atoms with E-state index in [4.69, 9.17) is 21.3 Å². The van der Waals surface area contributed by atoms with E-state index in [-0.39, 0.29) is 11.8 Å². The summed E-state index contributed by atoms with van der Waals surface area (Å²) in [6, 6.07) is 5.65. The van der Waals surface area contributed by atoms with Crippen LogP contribution in [0.1, 0.15) is 23.2 Å². The lowest BCUT2D eigenvalue weighted by molar-refractivity contribution is -0.120. The van der Waals surface area contributed by atoms with Crippen LogP contribution in [0.15, 0.2) is 24.4 Å². The van der Waals surface area contributed by atoms with Gasteiger partial charge in [-0.3, -0.25) is 4.79 Å². The highest BCUT2D eigenvalue weighted by Gasteiger charge is 2.27. The summed E-state index contributed by atoms with van der Waals surface area (Å²) in [5.74, 6) is 0.683. The van der Waals surface area contributed by atoms with Crippen molar-refractivity contribution >= 4 is 29.1 Å². The van der Waals surface area contributed by atoms with Gasteiger partial charge in [0.25, 0.3) is 0 Å². The number of nitrogens with zero attached hydrogens (tertiary/aromatic N) is 3. The van der Waals surface area contributed by atoms with E-state index in [9.17, 15) is 4.79 Å². The first-order valence-electron chi connectivity index (χ1n) is 9.34. The number of aryl methyl sites for hydroxylation is 2. The Kier molecular flexibility index (Phi) is 5.27. The Labute approximate surface area is 163 Å². The summed E-state index contributed by atoms with van der Waals surface area (Å²) in [7, 11) is 0. The minimum absolute atomic E-state index is 0.00339. The zero-order valence-corrected chi connectivity index (χ0v) is 16.1. The maximum absolute atomic E-state index is 12.7. The van der Waals surface area contributed by atoms with Crippen LogP contribution in [0.25, 0.3) is 0 Å². The Balaban J connectivity index is 1.44. The van der Waals surface area contributed by atoms with Crippen LogP contribution in [-0.4, -0.2) is 42.2 Å². The van der Waals surface area contributed by atoms with Crippen LogP contribution in [0.2, 0.25) is 5.02 Å². The molecular weight excluding hydrogens is 364 g/mol. The molecule has 1 saturated heterocycles. The Morgan fingerprint density at radius 1 is 1.33 bits per heavy atom. The number of halogens is 1. The minimum Gasteiger partial charge on any atom is -0.378 e. The molecule has 1 aromatic heterocycles. The molecule has 1 aliphatic carbocycles. The molecule has 2 aliphatic rings. The third-order valence-corrected chi connectivity index (χ3v) is 5.50. The van der Waals surface area contributed by atoms with Crippen molar-refractivity contribution < 1.29 is 9.53 Å². The topological polar surface area (TPSA) is 67.4 Å². The van der Waals surface area contributed by atoms with Gasteiger partial charge >= 0.3 is 0 Å². The number of amides is 1. The van der Waals surface area contributed by atoms with Gasteiger partial charge in [0.05, 0.1) is 23.9 Å². The minimum atomic E-state index is -0.0901. The Bertz CT molecular complexity index is 852. The number of anilines is 2. The molecule has 1 atom stereocenters. The summed E-state index contributed by atoms with van der Waals surface area (Å²) in [6.07, 6.45) is 4.11.